The molecule has 0 spiro atoms. The van der Waals surface area contributed by atoms with Gasteiger partial charge in [-0.3, -0.25) is 4.79 Å². The van der Waals surface area contributed by atoms with E-state index in [1.165, 1.54) is 38.5 Å². The van der Waals surface area contributed by atoms with Gasteiger partial charge in [-0.05, 0) is 61.4 Å². The second-order valence-corrected chi connectivity index (χ2v) is 10.1. The lowest BCUT2D eigenvalue weighted by Crippen LogP contribution is -2.39. The van der Waals surface area contributed by atoms with Crippen molar-refractivity contribution in [1.82, 2.24) is 10.3 Å². The monoisotopic (exact) mass is 456 g/mol. The molecule has 0 radical (unpaired) electrons. The van der Waals surface area contributed by atoms with Gasteiger partial charge in [0.05, 0.1) is 17.1 Å². The second-order valence-electron chi connectivity index (χ2n) is 10.1. The van der Waals surface area contributed by atoms with Gasteiger partial charge in [-0.25, -0.2) is 4.98 Å². The molecule has 0 aliphatic heterocycles. The van der Waals surface area contributed by atoms with Crippen LogP contribution in [0.4, 0.5) is 0 Å². The number of pyridine rings is 1. The summed E-state index contributed by atoms with van der Waals surface area (Å²) in [7, 11) is 0. The topological polar surface area (TPSA) is 51.2 Å². The molecule has 3 aromatic rings. The molecule has 2 aliphatic rings. The Hall–Kier alpha value is -2.88. The maximum atomic E-state index is 13.5. The first-order valence-electron chi connectivity index (χ1n) is 13.1. The normalized spacial score (nSPS) is 18.5. The molecular weight excluding hydrogens is 420 g/mol. The Kier molecular flexibility index (Phi) is 7.43. The van der Waals surface area contributed by atoms with Crippen molar-refractivity contribution in [3.63, 3.8) is 0 Å². The Bertz CT molecular complexity index is 1080. The molecule has 5 rings (SSSR count). The third-order valence-corrected chi connectivity index (χ3v) is 7.64. The predicted molar refractivity (Wildman–Crippen MR) is 137 cm³/mol. The van der Waals surface area contributed by atoms with Crippen LogP contribution >= 0.6 is 0 Å². The number of hydrogen-bond acceptors (Lipinski definition) is 3. The van der Waals surface area contributed by atoms with Gasteiger partial charge in [0.1, 0.15) is 12.4 Å². The van der Waals surface area contributed by atoms with E-state index in [9.17, 15) is 4.79 Å². The zero-order valence-electron chi connectivity index (χ0n) is 20.0. The van der Waals surface area contributed by atoms with Gasteiger partial charge in [-0.2, -0.15) is 0 Å². The maximum Gasteiger partial charge on any atom is 0.228 e. The lowest BCUT2D eigenvalue weighted by atomic mass is 9.80. The maximum absolute atomic E-state index is 13.5. The summed E-state index contributed by atoms with van der Waals surface area (Å²) in [5, 5.41) is 4.53. The fourth-order valence-corrected chi connectivity index (χ4v) is 5.76. The van der Waals surface area contributed by atoms with Crippen molar-refractivity contribution in [3.8, 4) is 5.75 Å². The van der Waals surface area contributed by atoms with Crippen LogP contribution in [0.15, 0.2) is 60.7 Å². The molecule has 2 fully saturated rings. The van der Waals surface area contributed by atoms with Crippen molar-refractivity contribution in [3.05, 3.63) is 71.9 Å². The minimum absolute atomic E-state index is 0.0603. The third kappa shape index (κ3) is 5.60. The second kappa shape index (κ2) is 11.0. The number of benzene rings is 2. The van der Waals surface area contributed by atoms with Gasteiger partial charge in [0.15, 0.2) is 0 Å². The number of carbonyl (C=O) groups is 1. The van der Waals surface area contributed by atoms with Crippen LogP contribution in [0.3, 0.4) is 0 Å². The summed E-state index contributed by atoms with van der Waals surface area (Å²) in [5.41, 5.74) is 3.02. The van der Waals surface area contributed by atoms with Gasteiger partial charge in [0.25, 0.3) is 0 Å². The summed E-state index contributed by atoms with van der Waals surface area (Å²) in [6, 6.07) is 20.8. The number of fused-ring (bicyclic) bond motifs is 1. The number of nitrogens with one attached hydrogen (secondary N) is 1. The molecule has 1 amide bonds. The van der Waals surface area contributed by atoms with E-state index in [1.54, 1.807) is 0 Å². The Morgan fingerprint density at radius 3 is 2.32 bits per heavy atom. The quantitative estimate of drug-likeness (QED) is 0.392. The van der Waals surface area contributed by atoms with Crippen molar-refractivity contribution < 1.29 is 9.53 Å². The number of amides is 1. The molecule has 4 nitrogen and oxygen atoms in total. The van der Waals surface area contributed by atoms with E-state index in [1.807, 2.05) is 36.4 Å². The van der Waals surface area contributed by atoms with Gasteiger partial charge in [0.2, 0.25) is 5.91 Å². The highest BCUT2D eigenvalue weighted by molar-refractivity contribution is 5.84. The first kappa shape index (κ1) is 22.9. The van der Waals surface area contributed by atoms with Crippen LogP contribution in [0.2, 0.25) is 0 Å². The number of ether oxygens (including phenoxy) is 1. The number of hydrogen-bond donors (Lipinski definition) is 1. The van der Waals surface area contributed by atoms with Gasteiger partial charge >= 0.3 is 0 Å². The molecule has 1 atom stereocenters. The molecular formula is C30H36N2O2. The molecule has 0 bridgehead atoms. The van der Waals surface area contributed by atoms with E-state index in [0.717, 1.165) is 53.6 Å². The SMILES string of the molecule is O=C(NC1CCCC1)C(c1ccc(OCc2ccc3ccccc3n2)cc1)C1CCCCCC1. The van der Waals surface area contributed by atoms with Crippen LogP contribution in [0.1, 0.15) is 81.4 Å². The number of carbonyl (C=O) groups excluding carboxylic acids is 1. The molecule has 1 aromatic heterocycles. The van der Waals surface area contributed by atoms with Crippen molar-refractivity contribution in [1.29, 1.82) is 0 Å². The summed E-state index contributed by atoms with van der Waals surface area (Å²) in [5.74, 6) is 1.41. The van der Waals surface area contributed by atoms with Crippen LogP contribution in [0, 0.1) is 5.92 Å². The van der Waals surface area contributed by atoms with Crippen LogP contribution in [0.25, 0.3) is 10.9 Å². The minimum atomic E-state index is -0.0603. The molecule has 1 heterocycles. The lowest BCUT2D eigenvalue weighted by molar-refractivity contribution is -0.124. The van der Waals surface area contributed by atoms with Crippen molar-refractivity contribution in [2.75, 3.05) is 0 Å². The van der Waals surface area contributed by atoms with E-state index in [4.69, 9.17) is 9.72 Å². The molecule has 34 heavy (non-hydrogen) atoms. The molecule has 2 aliphatic carbocycles. The predicted octanol–water partition coefficient (Wildman–Crippen LogP) is 6.93. The van der Waals surface area contributed by atoms with Crippen LogP contribution < -0.4 is 10.1 Å². The van der Waals surface area contributed by atoms with Gasteiger partial charge < -0.3 is 10.1 Å². The Balaban J connectivity index is 1.28. The van der Waals surface area contributed by atoms with Crippen molar-refractivity contribution in [2.45, 2.75) is 82.8 Å². The zero-order chi connectivity index (χ0) is 23.2. The number of rotatable bonds is 7. The average Bonchev–Trinajstić information content (AvgIpc) is 3.24. The summed E-state index contributed by atoms with van der Waals surface area (Å²) in [6.45, 7) is 0.429. The molecule has 0 saturated heterocycles. The van der Waals surface area contributed by atoms with Crippen molar-refractivity contribution in [2.24, 2.45) is 5.92 Å². The summed E-state index contributed by atoms with van der Waals surface area (Å²) in [4.78, 5) is 18.2. The van der Waals surface area contributed by atoms with Crippen LogP contribution in [-0.2, 0) is 11.4 Å². The van der Waals surface area contributed by atoms with Gasteiger partial charge in [0, 0.05) is 11.4 Å². The Morgan fingerprint density at radius 2 is 1.56 bits per heavy atom. The average molecular weight is 457 g/mol. The summed E-state index contributed by atoms with van der Waals surface area (Å²) in [6.07, 6.45) is 12.1. The highest BCUT2D eigenvalue weighted by Crippen LogP contribution is 2.36. The fraction of sp³-hybridized carbons (Fsp3) is 0.467. The minimum Gasteiger partial charge on any atom is -0.487 e. The van der Waals surface area contributed by atoms with Crippen molar-refractivity contribution >= 4 is 16.8 Å². The molecule has 178 valence electrons. The van der Waals surface area contributed by atoms with E-state index in [2.05, 4.69) is 29.6 Å². The van der Waals surface area contributed by atoms with E-state index in [0.29, 0.717) is 18.6 Å². The number of nitrogens with zero attached hydrogens (tertiary/aromatic N) is 1. The van der Waals surface area contributed by atoms with E-state index in [-0.39, 0.29) is 11.8 Å². The molecule has 1 unspecified atom stereocenters. The third-order valence-electron chi connectivity index (χ3n) is 7.64. The Morgan fingerprint density at radius 1 is 0.853 bits per heavy atom. The van der Waals surface area contributed by atoms with Gasteiger partial charge in [-0.1, -0.05) is 74.9 Å². The van der Waals surface area contributed by atoms with Gasteiger partial charge in [-0.15, -0.1) is 0 Å². The fourth-order valence-electron chi connectivity index (χ4n) is 5.76. The molecule has 1 N–H and O–H groups in total. The number of para-hydroxylation sites is 1. The summed E-state index contributed by atoms with van der Waals surface area (Å²) >= 11 is 0. The van der Waals surface area contributed by atoms with E-state index < -0.39 is 0 Å². The largest absolute Gasteiger partial charge is 0.487 e. The highest BCUT2D eigenvalue weighted by Gasteiger charge is 2.32. The first-order valence-corrected chi connectivity index (χ1v) is 13.1. The zero-order valence-corrected chi connectivity index (χ0v) is 20.0. The Labute approximate surface area is 203 Å². The highest BCUT2D eigenvalue weighted by atomic mass is 16.5. The smallest absolute Gasteiger partial charge is 0.228 e. The molecule has 4 heteroatoms. The molecule has 2 saturated carbocycles. The number of aromatic nitrogens is 1. The van der Waals surface area contributed by atoms with Crippen LogP contribution in [-0.4, -0.2) is 16.9 Å². The van der Waals surface area contributed by atoms with E-state index >= 15 is 0 Å². The lowest BCUT2D eigenvalue weighted by Gasteiger charge is -2.27. The first-order chi connectivity index (χ1) is 16.8. The summed E-state index contributed by atoms with van der Waals surface area (Å²) < 4.78 is 6.05. The molecule has 2 aromatic carbocycles. The van der Waals surface area contributed by atoms with Crippen LogP contribution in [0.5, 0.6) is 5.75 Å². The standard InChI is InChI=1S/C30H36N2O2/c33-30(32-25-12-6-7-13-25)29(23-10-3-1-2-4-11-23)24-16-19-27(20-17-24)34-21-26-18-15-22-9-5-8-14-28(22)31-26/h5,8-9,14-20,23,25,29H,1-4,6-7,10-13,21H2,(H,32,33).